The van der Waals surface area contributed by atoms with Crippen molar-refractivity contribution in [2.45, 2.75) is 11.8 Å². The van der Waals surface area contributed by atoms with Crippen LogP contribution in [0, 0.1) is 0 Å². The van der Waals surface area contributed by atoms with Gasteiger partial charge in [0, 0.05) is 11.1 Å². The summed E-state index contributed by atoms with van der Waals surface area (Å²) in [6, 6.07) is 8.13. The fraction of sp³-hybridized carbons (Fsp3) is 0.176. The number of hydrogen-bond acceptors (Lipinski definition) is 6. The molecule has 0 unspecified atom stereocenters. The SMILES string of the molecule is CC(=O)CSc1ccccc1C(=O)OCC(=O)Nc1ncc(Cl)cc1Cl. The molecular formula is C17H14Cl2N2O4S. The molecule has 0 aliphatic carbocycles. The molecule has 26 heavy (non-hydrogen) atoms. The van der Waals surface area contributed by atoms with Crippen LogP contribution in [0.3, 0.4) is 0 Å². The van der Waals surface area contributed by atoms with Gasteiger partial charge in [0.2, 0.25) is 0 Å². The number of benzene rings is 1. The number of ether oxygens (including phenoxy) is 1. The molecule has 0 bridgehead atoms. The summed E-state index contributed by atoms with van der Waals surface area (Å²) < 4.78 is 5.03. The van der Waals surface area contributed by atoms with E-state index in [1.165, 1.54) is 30.9 Å². The van der Waals surface area contributed by atoms with Gasteiger partial charge in [0.1, 0.15) is 5.78 Å². The minimum absolute atomic E-state index is 0.00936. The lowest BCUT2D eigenvalue weighted by Gasteiger charge is -2.09. The third-order valence-corrected chi connectivity index (χ3v) is 4.65. The normalized spacial score (nSPS) is 10.3. The van der Waals surface area contributed by atoms with Crippen LogP contribution in [0.5, 0.6) is 0 Å². The summed E-state index contributed by atoms with van der Waals surface area (Å²) in [5.74, 6) is -0.906. The van der Waals surface area contributed by atoms with E-state index in [0.717, 1.165) is 0 Å². The molecule has 9 heteroatoms. The Morgan fingerprint density at radius 1 is 1.23 bits per heavy atom. The maximum atomic E-state index is 12.2. The topological polar surface area (TPSA) is 85.4 Å². The molecule has 1 heterocycles. The van der Waals surface area contributed by atoms with E-state index >= 15 is 0 Å². The molecular weight excluding hydrogens is 399 g/mol. The van der Waals surface area contributed by atoms with E-state index in [-0.39, 0.29) is 27.9 Å². The number of pyridine rings is 1. The number of nitrogens with zero attached hydrogens (tertiary/aromatic N) is 1. The summed E-state index contributed by atoms with van der Waals surface area (Å²) in [7, 11) is 0. The molecule has 2 rings (SSSR count). The van der Waals surface area contributed by atoms with Gasteiger partial charge < -0.3 is 10.1 Å². The molecule has 0 saturated heterocycles. The molecule has 0 radical (unpaired) electrons. The molecule has 0 fully saturated rings. The van der Waals surface area contributed by atoms with Gasteiger partial charge in [-0.3, -0.25) is 9.59 Å². The number of rotatable bonds is 7. The second-order valence-electron chi connectivity index (χ2n) is 5.10. The average molecular weight is 413 g/mol. The highest BCUT2D eigenvalue weighted by atomic mass is 35.5. The number of halogens is 2. The standard InChI is InChI=1S/C17H14Cl2N2O4S/c1-10(22)9-26-14-5-3-2-4-12(14)17(24)25-8-15(23)21-16-13(19)6-11(18)7-20-16/h2-7H,8-9H2,1H3,(H,20,21,23). The number of ketones is 1. The van der Waals surface area contributed by atoms with Crippen molar-refractivity contribution in [3.8, 4) is 0 Å². The number of anilines is 1. The highest BCUT2D eigenvalue weighted by Crippen LogP contribution is 2.24. The average Bonchev–Trinajstić information content (AvgIpc) is 2.60. The van der Waals surface area contributed by atoms with Gasteiger partial charge >= 0.3 is 5.97 Å². The summed E-state index contributed by atoms with van der Waals surface area (Å²) >= 11 is 12.9. The van der Waals surface area contributed by atoms with E-state index in [4.69, 9.17) is 27.9 Å². The summed E-state index contributed by atoms with van der Waals surface area (Å²) in [5.41, 5.74) is 0.286. The van der Waals surface area contributed by atoms with Crippen LogP contribution in [0.2, 0.25) is 10.0 Å². The number of carbonyl (C=O) groups is 3. The van der Waals surface area contributed by atoms with Gasteiger partial charge in [0.25, 0.3) is 5.91 Å². The van der Waals surface area contributed by atoms with Crippen LogP contribution in [0.15, 0.2) is 41.4 Å². The van der Waals surface area contributed by atoms with Crippen LogP contribution in [0.25, 0.3) is 0 Å². The van der Waals surface area contributed by atoms with Gasteiger partial charge in [-0.2, -0.15) is 0 Å². The van der Waals surface area contributed by atoms with E-state index in [9.17, 15) is 14.4 Å². The number of hydrogen-bond donors (Lipinski definition) is 1. The lowest BCUT2D eigenvalue weighted by molar-refractivity contribution is -0.119. The zero-order chi connectivity index (χ0) is 19.1. The predicted molar refractivity (Wildman–Crippen MR) is 101 cm³/mol. The highest BCUT2D eigenvalue weighted by Gasteiger charge is 2.16. The summed E-state index contributed by atoms with van der Waals surface area (Å²) in [5, 5.41) is 2.93. The Morgan fingerprint density at radius 3 is 2.65 bits per heavy atom. The van der Waals surface area contributed by atoms with Gasteiger partial charge in [-0.25, -0.2) is 9.78 Å². The van der Waals surface area contributed by atoms with Crippen LogP contribution in [-0.2, 0) is 14.3 Å². The Morgan fingerprint density at radius 2 is 1.96 bits per heavy atom. The van der Waals surface area contributed by atoms with Crippen molar-refractivity contribution in [2.24, 2.45) is 0 Å². The number of aromatic nitrogens is 1. The Balaban J connectivity index is 1.96. The third kappa shape index (κ3) is 6.01. The molecule has 2 aromatic rings. The van der Waals surface area contributed by atoms with Crippen molar-refractivity contribution in [3.05, 3.63) is 52.1 Å². The fourth-order valence-electron chi connectivity index (χ4n) is 1.82. The molecule has 1 aromatic carbocycles. The van der Waals surface area contributed by atoms with Crippen LogP contribution in [0.1, 0.15) is 17.3 Å². The summed E-state index contributed by atoms with van der Waals surface area (Å²) in [6.45, 7) is 0.958. The second-order valence-corrected chi connectivity index (χ2v) is 6.96. The molecule has 1 N–H and O–H groups in total. The van der Waals surface area contributed by atoms with Gasteiger partial charge in [-0.05, 0) is 25.1 Å². The molecule has 0 spiro atoms. The molecule has 0 aliphatic rings. The van der Waals surface area contributed by atoms with Crippen molar-refractivity contribution in [2.75, 3.05) is 17.7 Å². The Hall–Kier alpha value is -2.09. The molecule has 0 atom stereocenters. The Bertz CT molecular complexity index is 845. The summed E-state index contributed by atoms with van der Waals surface area (Å²) in [4.78, 5) is 39.7. The molecule has 136 valence electrons. The molecule has 0 aliphatic heterocycles. The van der Waals surface area contributed by atoms with Crippen molar-refractivity contribution in [1.82, 2.24) is 4.98 Å². The first-order valence-electron chi connectivity index (χ1n) is 7.36. The second kappa shape index (κ2) is 9.56. The fourth-order valence-corrected chi connectivity index (χ4v) is 3.09. The van der Waals surface area contributed by atoms with E-state index in [0.29, 0.717) is 9.92 Å². The number of esters is 1. The molecule has 0 saturated carbocycles. The Kier molecular flexibility index (Phi) is 7.44. The molecule has 1 amide bonds. The number of amides is 1. The minimum atomic E-state index is -0.665. The zero-order valence-electron chi connectivity index (χ0n) is 13.6. The van der Waals surface area contributed by atoms with Crippen LogP contribution >= 0.6 is 35.0 Å². The van der Waals surface area contributed by atoms with Crippen LogP contribution in [-0.4, -0.2) is 35.0 Å². The summed E-state index contributed by atoms with van der Waals surface area (Å²) in [6.07, 6.45) is 1.33. The number of thioether (sulfide) groups is 1. The predicted octanol–water partition coefficient (Wildman–Crippen LogP) is 3.87. The first-order chi connectivity index (χ1) is 12.4. The van der Waals surface area contributed by atoms with Gasteiger partial charge in [0.15, 0.2) is 12.4 Å². The number of Topliss-reactive ketones (excluding diaryl/α,β-unsaturated/α-hetero) is 1. The van der Waals surface area contributed by atoms with Crippen molar-refractivity contribution >= 4 is 58.4 Å². The first-order valence-corrected chi connectivity index (χ1v) is 9.10. The van der Waals surface area contributed by atoms with E-state index in [1.54, 1.807) is 24.3 Å². The van der Waals surface area contributed by atoms with Crippen molar-refractivity contribution < 1.29 is 19.1 Å². The Labute approximate surface area is 164 Å². The lowest BCUT2D eigenvalue weighted by atomic mass is 10.2. The first kappa shape index (κ1) is 20.2. The van der Waals surface area contributed by atoms with Crippen molar-refractivity contribution in [1.29, 1.82) is 0 Å². The minimum Gasteiger partial charge on any atom is -0.452 e. The molecule has 6 nitrogen and oxygen atoms in total. The highest BCUT2D eigenvalue weighted by molar-refractivity contribution is 8.00. The maximum Gasteiger partial charge on any atom is 0.339 e. The van der Waals surface area contributed by atoms with E-state index in [2.05, 4.69) is 10.3 Å². The monoisotopic (exact) mass is 412 g/mol. The maximum absolute atomic E-state index is 12.2. The van der Waals surface area contributed by atoms with Crippen LogP contribution in [0.4, 0.5) is 5.82 Å². The van der Waals surface area contributed by atoms with E-state index < -0.39 is 18.5 Å². The smallest absolute Gasteiger partial charge is 0.339 e. The van der Waals surface area contributed by atoms with Gasteiger partial charge in [0.05, 0.1) is 21.4 Å². The quantitative estimate of drug-likeness (QED) is 0.548. The largest absolute Gasteiger partial charge is 0.452 e. The van der Waals surface area contributed by atoms with E-state index in [1.807, 2.05) is 0 Å². The lowest BCUT2D eigenvalue weighted by Crippen LogP contribution is -2.22. The third-order valence-electron chi connectivity index (χ3n) is 2.94. The van der Waals surface area contributed by atoms with Gasteiger partial charge in [-0.1, -0.05) is 35.3 Å². The number of nitrogens with one attached hydrogen (secondary N) is 1. The van der Waals surface area contributed by atoms with Crippen LogP contribution < -0.4 is 5.32 Å². The van der Waals surface area contributed by atoms with Crippen molar-refractivity contribution in [3.63, 3.8) is 0 Å². The van der Waals surface area contributed by atoms with Gasteiger partial charge in [-0.15, -0.1) is 11.8 Å². The number of carbonyl (C=O) groups excluding carboxylic acids is 3. The zero-order valence-corrected chi connectivity index (χ0v) is 16.0. The molecule has 1 aromatic heterocycles.